The van der Waals surface area contributed by atoms with Crippen LogP contribution in [0.5, 0.6) is 0 Å². The summed E-state index contributed by atoms with van der Waals surface area (Å²) in [6.07, 6.45) is 3.47. The number of hydrogen-bond acceptors (Lipinski definition) is 7. The molecular formula is C15H17N7O2. The van der Waals surface area contributed by atoms with Gasteiger partial charge in [-0.05, 0) is 13.8 Å². The summed E-state index contributed by atoms with van der Waals surface area (Å²) in [6.45, 7) is 6.24. The highest BCUT2D eigenvalue weighted by Gasteiger charge is 2.26. The van der Waals surface area contributed by atoms with Crippen LogP contribution in [0.1, 0.15) is 22.1 Å². The van der Waals surface area contributed by atoms with Crippen LogP contribution >= 0.6 is 0 Å². The number of amides is 1. The Morgan fingerprint density at radius 2 is 1.96 bits per heavy atom. The van der Waals surface area contributed by atoms with E-state index in [9.17, 15) is 4.79 Å². The number of piperazine rings is 1. The van der Waals surface area contributed by atoms with Crippen LogP contribution in [0.4, 0.5) is 5.82 Å². The minimum Gasteiger partial charge on any atom is -0.352 e. The predicted octanol–water partition coefficient (Wildman–Crippen LogP) is 0.692. The van der Waals surface area contributed by atoms with Crippen molar-refractivity contribution in [3.63, 3.8) is 0 Å². The average Bonchev–Trinajstić information content (AvgIpc) is 3.18. The maximum absolute atomic E-state index is 12.4. The summed E-state index contributed by atoms with van der Waals surface area (Å²) >= 11 is 0. The molecule has 1 saturated heterocycles. The van der Waals surface area contributed by atoms with Crippen molar-refractivity contribution < 1.29 is 9.32 Å². The number of nitrogens with zero attached hydrogens (tertiary/aromatic N) is 7. The van der Waals surface area contributed by atoms with Crippen LogP contribution in [0.25, 0.3) is 5.65 Å². The molecule has 3 aromatic rings. The Kier molecular flexibility index (Phi) is 3.40. The normalized spacial score (nSPS) is 15.2. The van der Waals surface area contributed by atoms with E-state index in [4.69, 9.17) is 4.52 Å². The van der Waals surface area contributed by atoms with Crippen LogP contribution in [0.2, 0.25) is 0 Å². The van der Waals surface area contributed by atoms with Gasteiger partial charge in [0.05, 0.1) is 18.1 Å². The zero-order chi connectivity index (χ0) is 16.7. The predicted molar refractivity (Wildman–Crippen MR) is 84.9 cm³/mol. The van der Waals surface area contributed by atoms with Crippen molar-refractivity contribution in [2.24, 2.45) is 0 Å². The number of fused-ring (bicyclic) bond motifs is 1. The molecule has 124 valence electrons. The quantitative estimate of drug-likeness (QED) is 0.683. The summed E-state index contributed by atoms with van der Waals surface area (Å²) in [5.41, 5.74) is 1.43. The van der Waals surface area contributed by atoms with Crippen LogP contribution in [0.3, 0.4) is 0 Å². The third kappa shape index (κ3) is 2.47. The molecular weight excluding hydrogens is 310 g/mol. The summed E-state index contributed by atoms with van der Waals surface area (Å²) in [5, 5.41) is 8.18. The number of anilines is 1. The zero-order valence-electron chi connectivity index (χ0n) is 13.5. The Morgan fingerprint density at radius 1 is 1.17 bits per heavy atom. The lowest BCUT2D eigenvalue weighted by Gasteiger charge is -2.35. The molecule has 0 atom stereocenters. The van der Waals surface area contributed by atoms with E-state index in [1.54, 1.807) is 34.8 Å². The molecule has 1 fully saturated rings. The van der Waals surface area contributed by atoms with Crippen LogP contribution in [0, 0.1) is 13.8 Å². The molecule has 4 heterocycles. The van der Waals surface area contributed by atoms with Gasteiger partial charge < -0.3 is 14.3 Å². The van der Waals surface area contributed by atoms with Gasteiger partial charge in [-0.1, -0.05) is 5.16 Å². The van der Waals surface area contributed by atoms with Crippen LogP contribution < -0.4 is 4.90 Å². The second kappa shape index (κ2) is 5.59. The fraction of sp³-hybridized carbons (Fsp3) is 0.400. The Bertz CT molecular complexity index is 892. The number of aromatic nitrogens is 5. The Labute approximate surface area is 137 Å². The van der Waals surface area contributed by atoms with E-state index in [0.29, 0.717) is 37.7 Å². The van der Waals surface area contributed by atoms with Crippen molar-refractivity contribution in [3.8, 4) is 0 Å². The van der Waals surface area contributed by atoms with Crippen LogP contribution in [0.15, 0.2) is 23.0 Å². The zero-order valence-corrected chi connectivity index (χ0v) is 13.5. The fourth-order valence-electron chi connectivity index (χ4n) is 2.88. The van der Waals surface area contributed by atoms with E-state index < -0.39 is 0 Å². The van der Waals surface area contributed by atoms with Gasteiger partial charge in [-0.2, -0.15) is 4.52 Å². The molecule has 1 aliphatic rings. The van der Waals surface area contributed by atoms with Gasteiger partial charge in [0.2, 0.25) is 5.76 Å². The minimum absolute atomic E-state index is 0.122. The first-order valence-corrected chi connectivity index (χ1v) is 7.77. The molecule has 9 heteroatoms. The molecule has 0 spiro atoms. The van der Waals surface area contributed by atoms with E-state index in [1.807, 2.05) is 6.92 Å². The van der Waals surface area contributed by atoms with Gasteiger partial charge in [-0.3, -0.25) is 9.78 Å². The highest BCUT2D eigenvalue weighted by atomic mass is 16.5. The Balaban J connectivity index is 1.50. The van der Waals surface area contributed by atoms with Crippen molar-refractivity contribution in [2.75, 3.05) is 31.1 Å². The molecule has 0 unspecified atom stereocenters. The van der Waals surface area contributed by atoms with Gasteiger partial charge in [-0.25, -0.2) is 4.98 Å². The SMILES string of the molecule is Cc1cc(C(=O)N2CCN(c3cncc4nc(C)nn34)CC2)on1. The van der Waals surface area contributed by atoms with Gasteiger partial charge in [0.1, 0.15) is 5.82 Å². The molecule has 0 bridgehead atoms. The first-order chi connectivity index (χ1) is 11.6. The lowest BCUT2D eigenvalue weighted by atomic mass is 10.2. The lowest BCUT2D eigenvalue weighted by Crippen LogP contribution is -2.49. The number of carbonyl (C=O) groups is 1. The van der Waals surface area contributed by atoms with E-state index >= 15 is 0 Å². The van der Waals surface area contributed by atoms with Crippen LogP contribution in [-0.2, 0) is 0 Å². The van der Waals surface area contributed by atoms with Crippen molar-refractivity contribution in [1.82, 2.24) is 29.6 Å². The molecule has 4 rings (SSSR count). The van der Waals surface area contributed by atoms with Gasteiger partial charge in [-0.15, -0.1) is 5.10 Å². The molecule has 3 aromatic heterocycles. The number of aryl methyl sites for hydroxylation is 2. The van der Waals surface area contributed by atoms with E-state index in [0.717, 1.165) is 11.5 Å². The van der Waals surface area contributed by atoms with E-state index in [-0.39, 0.29) is 11.7 Å². The van der Waals surface area contributed by atoms with Gasteiger partial charge in [0, 0.05) is 32.2 Å². The molecule has 1 aliphatic heterocycles. The molecule has 9 nitrogen and oxygen atoms in total. The first-order valence-electron chi connectivity index (χ1n) is 7.77. The highest BCUT2D eigenvalue weighted by molar-refractivity contribution is 5.91. The number of hydrogen-bond donors (Lipinski definition) is 0. The number of rotatable bonds is 2. The van der Waals surface area contributed by atoms with Crippen molar-refractivity contribution in [3.05, 3.63) is 35.7 Å². The first kappa shape index (κ1) is 14.6. The largest absolute Gasteiger partial charge is 0.352 e. The summed E-state index contributed by atoms with van der Waals surface area (Å²) in [4.78, 5) is 24.9. The van der Waals surface area contributed by atoms with Gasteiger partial charge >= 0.3 is 0 Å². The average molecular weight is 327 g/mol. The number of carbonyl (C=O) groups excluding carboxylic acids is 1. The van der Waals surface area contributed by atoms with Gasteiger partial charge in [0.25, 0.3) is 5.91 Å². The minimum atomic E-state index is -0.122. The van der Waals surface area contributed by atoms with Gasteiger partial charge in [0.15, 0.2) is 11.5 Å². The molecule has 1 amide bonds. The monoisotopic (exact) mass is 327 g/mol. The lowest BCUT2D eigenvalue weighted by molar-refractivity contribution is 0.0704. The van der Waals surface area contributed by atoms with E-state index in [1.165, 1.54) is 0 Å². The second-order valence-corrected chi connectivity index (χ2v) is 5.81. The molecule has 0 radical (unpaired) electrons. The third-order valence-corrected chi connectivity index (χ3v) is 4.06. The summed E-state index contributed by atoms with van der Waals surface area (Å²) < 4.78 is 6.86. The topological polar surface area (TPSA) is 92.7 Å². The van der Waals surface area contributed by atoms with Crippen molar-refractivity contribution in [1.29, 1.82) is 0 Å². The maximum atomic E-state index is 12.4. The second-order valence-electron chi connectivity index (χ2n) is 5.81. The molecule has 0 N–H and O–H groups in total. The van der Waals surface area contributed by atoms with Crippen molar-refractivity contribution >= 4 is 17.4 Å². The fourth-order valence-corrected chi connectivity index (χ4v) is 2.88. The highest BCUT2D eigenvalue weighted by Crippen LogP contribution is 2.17. The molecule has 24 heavy (non-hydrogen) atoms. The molecule has 0 aromatic carbocycles. The van der Waals surface area contributed by atoms with Crippen molar-refractivity contribution in [2.45, 2.75) is 13.8 Å². The Morgan fingerprint density at radius 3 is 2.67 bits per heavy atom. The Hall–Kier alpha value is -2.97. The van der Waals surface area contributed by atoms with E-state index in [2.05, 4.69) is 25.1 Å². The van der Waals surface area contributed by atoms with Crippen LogP contribution in [-0.4, -0.2) is 61.7 Å². The standard InChI is InChI=1S/C15H17N7O2/c1-10-7-12(24-19-10)15(23)21-5-3-20(4-6-21)14-9-16-8-13-17-11(2)18-22(13)14/h7-9H,3-6H2,1-2H3. The summed E-state index contributed by atoms with van der Waals surface area (Å²) in [7, 11) is 0. The maximum Gasteiger partial charge on any atom is 0.292 e. The molecule has 0 aliphatic carbocycles. The smallest absolute Gasteiger partial charge is 0.292 e. The summed E-state index contributed by atoms with van der Waals surface area (Å²) in [5.74, 6) is 1.76. The summed E-state index contributed by atoms with van der Waals surface area (Å²) in [6, 6.07) is 1.66. The molecule has 0 saturated carbocycles. The third-order valence-electron chi connectivity index (χ3n) is 4.06.